The molecule has 1 aliphatic heterocycles. The number of aromatic hydroxyl groups is 1. The van der Waals surface area contributed by atoms with Gasteiger partial charge in [-0.25, -0.2) is 4.39 Å². The summed E-state index contributed by atoms with van der Waals surface area (Å²) in [6, 6.07) is 16.0. The molecule has 192 valence electrons. The topological polar surface area (TPSA) is 69.6 Å². The van der Waals surface area contributed by atoms with Gasteiger partial charge in [-0.15, -0.1) is 10.2 Å². The Bertz CT molecular complexity index is 1560. The van der Waals surface area contributed by atoms with Gasteiger partial charge in [-0.3, -0.25) is 4.79 Å². The molecular formula is C30H26ClFN4O2. The Morgan fingerprint density at radius 3 is 2.47 bits per heavy atom. The Morgan fingerprint density at radius 2 is 1.76 bits per heavy atom. The van der Waals surface area contributed by atoms with E-state index in [4.69, 9.17) is 16.7 Å². The highest BCUT2D eigenvalue weighted by Gasteiger charge is 2.29. The summed E-state index contributed by atoms with van der Waals surface area (Å²) in [5.74, 6) is 0.308. The van der Waals surface area contributed by atoms with Crippen molar-refractivity contribution in [3.63, 3.8) is 0 Å². The predicted molar refractivity (Wildman–Crippen MR) is 148 cm³/mol. The monoisotopic (exact) mass is 528 g/mol. The molecule has 8 heteroatoms. The Balaban J connectivity index is 1.54. The third-order valence-corrected chi connectivity index (χ3v) is 7.72. The fourth-order valence-electron chi connectivity index (χ4n) is 5.29. The van der Waals surface area contributed by atoms with E-state index in [0.717, 1.165) is 29.2 Å². The zero-order valence-electron chi connectivity index (χ0n) is 20.7. The first kappa shape index (κ1) is 24.4. The van der Waals surface area contributed by atoms with Crippen molar-refractivity contribution in [2.45, 2.75) is 18.8 Å². The van der Waals surface area contributed by atoms with Crippen LogP contribution in [0.4, 0.5) is 10.2 Å². The molecule has 1 amide bonds. The second-order valence-corrected chi connectivity index (χ2v) is 10.2. The van der Waals surface area contributed by atoms with E-state index in [1.807, 2.05) is 24.3 Å². The van der Waals surface area contributed by atoms with E-state index in [9.17, 15) is 14.3 Å². The first-order valence-corrected chi connectivity index (χ1v) is 13.1. The van der Waals surface area contributed by atoms with Crippen molar-refractivity contribution in [2.75, 3.05) is 31.1 Å². The van der Waals surface area contributed by atoms with Crippen LogP contribution in [0.15, 0.2) is 67.3 Å². The lowest BCUT2D eigenvalue weighted by atomic mass is 9.94. The van der Waals surface area contributed by atoms with Crippen LogP contribution in [0.1, 0.15) is 24.3 Å². The third kappa shape index (κ3) is 4.27. The van der Waals surface area contributed by atoms with E-state index >= 15 is 0 Å². The third-order valence-electron chi connectivity index (χ3n) is 7.41. The van der Waals surface area contributed by atoms with E-state index in [2.05, 4.69) is 22.6 Å². The molecule has 1 aliphatic carbocycles. The normalized spacial score (nSPS) is 15.6. The zero-order chi connectivity index (χ0) is 26.4. The number of benzene rings is 3. The van der Waals surface area contributed by atoms with Gasteiger partial charge in [-0.2, -0.15) is 0 Å². The van der Waals surface area contributed by atoms with Crippen LogP contribution in [0, 0.1) is 5.82 Å². The minimum absolute atomic E-state index is 0.0516. The molecule has 4 aromatic rings. The number of fused-ring (bicyclic) bond motifs is 1. The van der Waals surface area contributed by atoms with Crippen molar-refractivity contribution in [1.82, 2.24) is 15.1 Å². The molecule has 0 bridgehead atoms. The number of nitrogens with zero attached hydrogens (tertiary/aromatic N) is 4. The van der Waals surface area contributed by atoms with E-state index in [0.29, 0.717) is 54.2 Å². The summed E-state index contributed by atoms with van der Waals surface area (Å²) in [5.41, 5.74) is 3.35. The lowest BCUT2D eigenvalue weighted by Crippen LogP contribution is -2.48. The summed E-state index contributed by atoms with van der Waals surface area (Å²) in [6.07, 6.45) is 3.60. The number of carbonyl (C=O) groups is 1. The molecular weight excluding hydrogens is 503 g/mol. The number of hydrogen-bond acceptors (Lipinski definition) is 5. The van der Waals surface area contributed by atoms with Gasteiger partial charge in [-0.1, -0.05) is 48.5 Å². The van der Waals surface area contributed by atoms with Gasteiger partial charge < -0.3 is 14.9 Å². The van der Waals surface area contributed by atoms with Crippen LogP contribution in [-0.4, -0.2) is 52.3 Å². The summed E-state index contributed by atoms with van der Waals surface area (Å²) in [5, 5.41) is 21.8. The highest BCUT2D eigenvalue weighted by molar-refractivity contribution is 6.34. The minimum atomic E-state index is -0.559. The van der Waals surface area contributed by atoms with Crippen molar-refractivity contribution in [1.29, 1.82) is 0 Å². The van der Waals surface area contributed by atoms with Crippen molar-refractivity contribution >= 4 is 34.1 Å². The second-order valence-electron chi connectivity index (χ2n) is 9.76. The zero-order valence-corrected chi connectivity index (χ0v) is 21.5. The van der Waals surface area contributed by atoms with Crippen LogP contribution in [0.5, 0.6) is 5.75 Å². The number of phenolic OH excluding ortho intramolecular Hbond substituents is 1. The minimum Gasteiger partial charge on any atom is -0.507 e. The quantitative estimate of drug-likeness (QED) is 0.313. The van der Waals surface area contributed by atoms with Gasteiger partial charge in [0.15, 0.2) is 5.82 Å². The largest absolute Gasteiger partial charge is 0.507 e. The van der Waals surface area contributed by atoms with Crippen LogP contribution in [0.25, 0.3) is 33.2 Å². The van der Waals surface area contributed by atoms with E-state index in [1.54, 1.807) is 11.0 Å². The maximum atomic E-state index is 14.9. The average Bonchev–Trinajstić information content (AvgIpc) is 3.78. The van der Waals surface area contributed by atoms with E-state index < -0.39 is 5.82 Å². The summed E-state index contributed by atoms with van der Waals surface area (Å²) in [7, 11) is 0. The summed E-state index contributed by atoms with van der Waals surface area (Å²) >= 11 is 6.76. The number of hydrogen-bond donors (Lipinski definition) is 1. The van der Waals surface area contributed by atoms with Gasteiger partial charge in [-0.05, 0) is 54.7 Å². The molecule has 38 heavy (non-hydrogen) atoms. The van der Waals surface area contributed by atoms with E-state index in [1.165, 1.54) is 29.8 Å². The van der Waals surface area contributed by atoms with Crippen molar-refractivity contribution in [3.8, 4) is 28.1 Å². The number of halogens is 2. The number of rotatable bonds is 5. The number of carbonyl (C=O) groups excluding carboxylic acids is 1. The molecule has 3 aromatic carbocycles. The molecule has 2 aliphatic rings. The Morgan fingerprint density at radius 1 is 1.00 bits per heavy atom. The first-order chi connectivity index (χ1) is 18.5. The standard InChI is InChI=1S/C30H26ClFN4O2/c1-2-27(38)35-12-14-36(15-13-35)30-22-17-24(31)23(28-25(32)8-5-9-26(28)37)16-21(22)29(33-34-30)20-7-4-3-6-19(20)18-10-11-18/h2-9,16-18,37H,1,10-15H2. The molecule has 0 spiro atoms. The molecule has 6 nitrogen and oxygen atoms in total. The summed E-state index contributed by atoms with van der Waals surface area (Å²) < 4.78 is 14.9. The Kier molecular flexibility index (Phi) is 6.24. The first-order valence-electron chi connectivity index (χ1n) is 12.7. The van der Waals surface area contributed by atoms with Gasteiger partial charge in [0, 0.05) is 53.1 Å². The lowest BCUT2D eigenvalue weighted by Gasteiger charge is -2.35. The Hall–Kier alpha value is -3.97. The highest BCUT2D eigenvalue weighted by atomic mass is 35.5. The number of piperazine rings is 1. The maximum absolute atomic E-state index is 14.9. The maximum Gasteiger partial charge on any atom is 0.246 e. The molecule has 2 fully saturated rings. The Labute approximate surface area is 225 Å². The molecule has 1 saturated carbocycles. The molecule has 2 heterocycles. The van der Waals surface area contributed by atoms with E-state index in [-0.39, 0.29) is 17.2 Å². The fraction of sp³-hybridized carbons (Fsp3) is 0.233. The number of amides is 1. The molecule has 1 aromatic heterocycles. The van der Waals surface area contributed by atoms with Crippen LogP contribution in [-0.2, 0) is 4.79 Å². The van der Waals surface area contributed by atoms with Gasteiger partial charge in [0.1, 0.15) is 17.3 Å². The van der Waals surface area contributed by atoms with Crippen molar-refractivity contribution in [3.05, 3.63) is 83.7 Å². The summed E-state index contributed by atoms with van der Waals surface area (Å²) in [6.45, 7) is 5.82. The van der Waals surface area contributed by atoms with Crippen molar-refractivity contribution < 1.29 is 14.3 Å². The van der Waals surface area contributed by atoms with Crippen LogP contribution in [0.3, 0.4) is 0 Å². The average molecular weight is 529 g/mol. The molecule has 1 N–H and O–H groups in total. The molecule has 0 radical (unpaired) electrons. The smallest absolute Gasteiger partial charge is 0.246 e. The lowest BCUT2D eigenvalue weighted by molar-refractivity contribution is -0.126. The van der Waals surface area contributed by atoms with Crippen LogP contribution in [0.2, 0.25) is 5.02 Å². The van der Waals surface area contributed by atoms with Crippen LogP contribution < -0.4 is 4.90 Å². The molecule has 6 rings (SSSR count). The number of aromatic nitrogens is 2. The van der Waals surface area contributed by atoms with Crippen LogP contribution >= 0.6 is 11.6 Å². The molecule has 0 unspecified atom stereocenters. The highest BCUT2D eigenvalue weighted by Crippen LogP contribution is 2.47. The molecule has 0 atom stereocenters. The van der Waals surface area contributed by atoms with Gasteiger partial charge >= 0.3 is 0 Å². The fourth-order valence-corrected chi connectivity index (χ4v) is 5.55. The second kappa shape index (κ2) is 9.72. The number of anilines is 1. The molecule has 1 saturated heterocycles. The van der Waals surface area contributed by atoms with Crippen molar-refractivity contribution in [2.24, 2.45) is 0 Å². The SMILES string of the molecule is C=CC(=O)N1CCN(c2nnc(-c3ccccc3C3CC3)c3cc(-c4c(O)cccc4F)c(Cl)cc23)CC1. The predicted octanol–water partition coefficient (Wildman–Crippen LogP) is 6.17. The summed E-state index contributed by atoms with van der Waals surface area (Å²) in [4.78, 5) is 15.9. The van der Waals surface area contributed by atoms with Gasteiger partial charge in [0.2, 0.25) is 5.91 Å². The number of phenols is 1. The van der Waals surface area contributed by atoms with Gasteiger partial charge in [0.25, 0.3) is 0 Å². The van der Waals surface area contributed by atoms with Gasteiger partial charge in [0.05, 0.1) is 5.56 Å².